The number of fused-ring (bicyclic) bond motifs is 2. The average molecular weight is 492 g/mol. The van der Waals surface area contributed by atoms with Crippen molar-refractivity contribution < 1.29 is 9.59 Å². The zero-order valence-corrected chi connectivity index (χ0v) is 21.3. The van der Waals surface area contributed by atoms with Gasteiger partial charge in [0.1, 0.15) is 11.4 Å². The van der Waals surface area contributed by atoms with Crippen LogP contribution in [0.4, 0.5) is 11.4 Å². The van der Waals surface area contributed by atoms with Crippen molar-refractivity contribution >= 4 is 34.2 Å². The summed E-state index contributed by atoms with van der Waals surface area (Å²) in [6.07, 6.45) is 1.93. The molecule has 5 rings (SSSR count). The minimum Gasteiger partial charge on any atom is -0.384 e. The van der Waals surface area contributed by atoms with Crippen LogP contribution in [-0.4, -0.2) is 82.9 Å². The number of hydrogen-bond acceptors (Lipinski definition) is 6. The van der Waals surface area contributed by atoms with E-state index in [0.717, 1.165) is 42.9 Å². The molecule has 10 nitrogen and oxygen atoms in total. The van der Waals surface area contributed by atoms with Gasteiger partial charge in [-0.05, 0) is 51.6 Å². The van der Waals surface area contributed by atoms with Crippen LogP contribution in [0, 0.1) is 0 Å². The van der Waals surface area contributed by atoms with Crippen molar-refractivity contribution in [3.8, 4) is 11.4 Å². The number of aromatic nitrogens is 3. The average Bonchev–Trinajstić information content (AvgIpc) is 3.34. The Morgan fingerprint density at radius 3 is 2.64 bits per heavy atom. The Hall–Kier alpha value is -3.66. The normalized spacial score (nSPS) is 17.6. The van der Waals surface area contributed by atoms with Crippen LogP contribution in [0.1, 0.15) is 32.8 Å². The Kier molecular flexibility index (Phi) is 6.07. The van der Waals surface area contributed by atoms with E-state index in [2.05, 4.69) is 27.2 Å². The number of imidazole rings is 1. The summed E-state index contributed by atoms with van der Waals surface area (Å²) in [5.74, 6) is 0.624. The molecule has 36 heavy (non-hydrogen) atoms. The van der Waals surface area contributed by atoms with E-state index in [9.17, 15) is 14.4 Å². The van der Waals surface area contributed by atoms with Gasteiger partial charge in [0.05, 0.1) is 27.8 Å². The van der Waals surface area contributed by atoms with E-state index in [0.29, 0.717) is 42.1 Å². The van der Waals surface area contributed by atoms with Crippen LogP contribution >= 0.6 is 0 Å². The van der Waals surface area contributed by atoms with Crippen LogP contribution in [0.15, 0.2) is 29.2 Å². The second-order valence-corrected chi connectivity index (χ2v) is 10.1. The van der Waals surface area contributed by atoms with Crippen molar-refractivity contribution in [1.82, 2.24) is 24.8 Å². The molecule has 2 amide bonds. The van der Waals surface area contributed by atoms with Crippen LogP contribution < -0.4 is 15.8 Å². The lowest BCUT2D eigenvalue weighted by molar-refractivity contribution is -0.132. The predicted octanol–water partition coefficient (Wildman–Crippen LogP) is 2.14. The van der Waals surface area contributed by atoms with Crippen molar-refractivity contribution in [2.24, 2.45) is 0 Å². The molecule has 190 valence electrons. The van der Waals surface area contributed by atoms with Gasteiger partial charge in [0.25, 0.3) is 5.56 Å². The van der Waals surface area contributed by atoms with Gasteiger partial charge in [0.15, 0.2) is 0 Å². The Balaban J connectivity index is 1.40. The van der Waals surface area contributed by atoms with Crippen LogP contribution in [-0.2, 0) is 15.0 Å². The molecule has 0 atom stereocenters. The third-order valence-electron chi connectivity index (χ3n) is 7.37. The van der Waals surface area contributed by atoms with Crippen molar-refractivity contribution in [3.05, 3.63) is 40.3 Å². The molecule has 1 aromatic carbocycles. The summed E-state index contributed by atoms with van der Waals surface area (Å²) in [7, 11) is 2.06. The first-order valence-electron chi connectivity index (χ1n) is 12.5. The quantitative estimate of drug-likeness (QED) is 0.486. The molecule has 2 aliphatic rings. The largest absolute Gasteiger partial charge is 0.384 e. The third-order valence-corrected chi connectivity index (χ3v) is 7.37. The van der Waals surface area contributed by atoms with Gasteiger partial charge >= 0.3 is 0 Å². The van der Waals surface area contributed by atoms with E-state index in [-0.39, 0.29) is 17.4 Å². The van der Waals surface area contributed by atoms with Crippen LogP contribution in [0.2, 0.25) is 0 Å². The molecule has 2 aromatic heterocycles. The molecule has 0 saturated carbocycles. The summed E-state index contributed by atoms with van der Waals surface area (Å²) < 4.78 is 0. The summed E-state index contributed by atoms with van der Waals surface area (Å²) in [4.78, 5) is 54.9. The summed E-state index contributed by atoms with van der Waals surface area (Å²) >= 11 is 0. The van der Waals surface area contributed by atoms with Crippen LogP contribution in [0.3, 0.4) is 0 Å². The molecule has 0 bridgehead atoms. The Morgan fingerprint density at radius 2 is 1.92 bits per heavy atom. The number of carbonyl (C=O) groups is 2. The number of hydrogen-bond donors (Lipinski definition) is 3. The third kappa shape index (κ3) is 4.05. The van der Waals surface area contributed by atoms with E-state index in [4.69, 9.17) is 4.98 Å². The van der Waals surface area contributed by atoms with Crippen molar-refractivity contribution in [3.63, 3.8) is 0 Å². The maximum absolute atomic E-state index is 12.9. The van der Waals surface area contributed by atoms with Crippen LogP contribution in [0.5, 0.6) is 0 Å². The summed E-state index contributed by atoms with van der Waals surface area (Å²) in [6.45, 7) is 10.1. The number of H-pyrrole nitrogens is 2. The van der Waals surface area contributed by atoms with E-state index in [1.165, 1.54) is 0 Å². The summed E-state index contributed by atoms with van der Waals surface area (Å²) in [6, 6.07) is 5.66. The van der Waals surface area contributed by atoms with Gasteiger partial charge in [-0.2, -0.15) is 0 Å². The monoisotopic (exact) mass is 491 g/mol. The number of piperazine rings is 1. The van der Waals surface area contributed by atoms with Crippen molar-refractivity contribution in [2.75, 3.05) is 56.5 Å². The zero-order chi connectivity index (χ0) is 25.6. The molecular formula is C26H33N7O3. The van der Waals surface area contributed by atoms with E-state index in [1.54, 1.807) is 17.2 Å². The smallest absolute Gasteiger partial charge is 0.261 e. The van der Waals surface area contributed by atoms with Gasteiger partial charge in [0, 0.05) is 51.9 Å². The molecule has 0 spiro atoms. The Labute approximate surface area is 209 Å². The summed E-state index contributed by atoms with van der Waals surface area (Å²) in [5, 5.41) is 3.27. The highest BCUT2D eigenvalue weighted by atomic mass is 16.2. The molecule has 1 saturated heterocycles. The van der Waals surface area contributed by atoms with Gasteiger partial charge < -0.3 is 30.0 Å². The standard InChI is InChI=1S/C26H33N7O3/c1-5-33-20-15-19-18(14-16(20)26(2,3)25(33)36)29-23(30-19)22-17(6-8-28-24(22)35)27-9-7-21(34)32-12-10-31(4)11-13-32/h6,8,14-15H,5,7,9-13H2,1-4H3,(H,29,30)(H2,27,28,35). The molecule has 0 radical (unpaired) electrons. The minimum absolute atomic E-state index is 0.0741. The van der Waals surface area contributed by atoms with Gasteiger partial charge in [-0.3, -0.25) is 14.4 Å². The molecule has 1 fully saturated rings. The molecule has 4 heterocycles. The zero-order valence-electron chi connectivity index (χ0n) is 21.3. The van der Waals surface area contributed by atoms with Gasteiger partial charge in [-0.1, -0.05) is 0 Å². The number of anilines is 2. The predicted molar refractivity (Wildman–Crippen MR) is 140 cm³/mol. The molecule has 10 heteroatoms. The number of pyridine rings is 1. The van der Waals surface area contributed by atoms with Crippen LogP contribution in [0.25, 0.3) is 22.4 Å². The summed E-state index contributed by atoms with van der Waals surface area (Å²) in [5.41, 5.74) is 3.36. The number of rotatable bonds is 6. The molecule has 0 aliphatic carbocycles. The number of nitrogens with zero attached hydrogens (tertiary/aromatic N) is 4. The maximum Gasteiger partial charge on any atom is 0.261 e. The number of aromatic amines is 2. The maximum atomic E-state index is 12.9. The van der Waals surface area contributed by atoms with E-state index >= 15 is 0 Å². The fourth-order valence-electron chi connectivity index (χ4n) is 5.14. The number of amides is 2. The number of nitrogens with one attached hydrogen (secondary N) is 3. The highest BCUT2D eigenvalue weighted by molar-refractivity contribution is 6.09. The molecule has 0 unspecified atom stereocenters. The highest BCUT2D eigenvalue weighted by Gasteiger charge is 2.43. The fourth-order valence-corrected chi connectivity index (χ4v) is 5.14. The second-order valence-electron chi connectivity index (χ2n) is 10.1. The van der Waals surface area contributed by atoms with Gasteiger partial charge in [0.2, 0.25) is 11.8 Å². The second kappa shape index (κ2) is 9.09. The first kappa shape index (κ1) is 24.1. The Morgan fingerprint density at radius 1 is 1.17 bits per heavy atom. The molecule has 2 aliphatic heterocycles. The molecular weight excluding hydrogens is 458 g/mol. The first-order chi connectivity index (χ1) is 17.2. The highest BCUT2D eigenvalue weighted by Crippen LogP contribution is 2.43. The van der Waals surface area contributed by atoms with Crippen molar-refractivity contribution in [2.45, 2.75) is 32.6 Å². The van der Waals surface area contributed by atoms with Gasteiger partial charge in [-0.15, -0.1) is 0 Å². The molecule has 3 aromatic rings. The lowest BCUT2D eigenvalue weighted by Crippen LogP contribution is -2.47. The van der Waals surface area contributed by atoms with E-state index in [1.807, 2.05) is 37.8 Å². The van der Waals surface area contributed by atoms with Crippen molar-refractivity contribution in [1.29, 1.82) is 0 Å². The topological polar surface area (TPSA) is 117 Å². The van der Waals surface area contributed by atoms with Gasteiger partial charge in [-0.25, -0.2) is 4.98 Å². The first-order valence-corrected chi connectivity index (χ1v) is 12.5. The minimum atomic E-state index is -0.627. The Bertz CT molecular complexity index is 1380. The number of benzene rings is 1. The number of carbonyl (C=O) groups excluding carboxylic acids is 2. The SMILES string of the molecule is CCN1C(=O)C(C)(C)c2cc3[nH]c(-c4c(NCCC(=O)N5CCN(C)CC5)cc[nH]c4=O)nc3cc21. The number of likely N-dealkylation sites (N-methyl/N-ethyl adjacent to an activating group) is 2. The van der Waals surface area contributed by atoms with E-state index < -0.39 is 5.41 Å². The lowest BCUT2D eigenvalue weighted by atomic mass is 9.86. The lowest BCUT2D eigenvalue weighted by Gasteiger charge is -2.32. The molecule has 3 N–H and O–H groups in total. The fraction of sp³-hybridized carbons (Fsp3) is 0.462.